The SMILES string of the molecule is CCOc1cc(/C=C2\C(=O)NC(=O)N(c3ccc(OC)cc3)C2=O)ccc1OCc1ccc(Br)cc1. The van der Waals surface area contributed by atoms with E-state index in [0.717, 1.165) is 14.9 Å². The lowest BCUT2D eigenvalue weighted by atomic mass is 10.1. The fourth-order valence-corrected chi connectivity index (χ4v) is 3.80. The van der Waals surface area contributed by atoms with Crippen LogP contribution in [0.3, 0.4) is 0 Å². The van der Waals surface area contributed by atoms with Crippen LogP contribution in [0.5, 0.6) is 17.2 Å². The van der Waals surface area contributed by atoms with E-state index in [0.29, 0.717) is 41.7 Å². The smallest absolute Gasteiger partial charge is 0.335 e. The molecule has 0 radical (unpaired) electrons. The summed E-state index contributed by atoms with van der Waals surface area (Å²) in [5.74, 6) is 0.0548. The highest BCUT2D eigenvalue weighted by atomic mass is 79.9. The zero-order valence-corrected chi connectivity index (χ0v) is 21.2. The minimum Gasteiger partial charge on any atom is -0.497 e. The molecule has 0 unspecified atom stereocenters. The van der Waals surface area contributed by atoms with Gasteiger partial charge in [-0.05, 0) is 72.7 Å². The Bertz CT molecular complexity index is 1320. The number of hydrogen-bond donors (Lipinski definition) is 1. The van der Waals surface area contributed by atoms with Crippen LogP contribution in [0.1, 0.15) is 18.1 Å². The topological polar surface area (TPSA) is 94.2 Å². The molecule has 9 heteroatoms. The largest absolute Gasteiger partial charge is 0.497 e. The molecule has 0 aliphatic carbocycles. The van der Waals surface area contributed by atoms with Crippen LogP contribution in [-0.4, -0.2) is 31.6 Å². The second-order valence-electron chi connectivity index (χ2n) is 7.71. The fourth-order valence-electron chi connectivity index (χ4n) is 3.53. The van der Waals surface area contributed by atoms with E-state index in [1.54, 1.807) is 42.5 Å². The highest BCUT2D eigenvalue weighted by Gasteiger charge is 2.36. The monoisotopic (exact) mass is 550 g/mol. The van der Waals surface area contributed by atoms with Crippen molar-refractivity contribution in [3.63, 3.8) is 0 Å². The lowest BCUT2D eigenvalue weighted by Crippen LogP contribution is -2.54. The summed E-state index contributed by atoms with van der Waals surface area (Å²) < 4.78 is 17.8. The fraction of sp³-hybridized carbons (Fsp3) is 0.148. The first-order valence-electron chi connectivity index (χ1n) is 11.1. The normalized spacial score (nSPS) is 14.6. The number of carbonyl (C=O) groups excluding carboxylic acids is 3. The molecule has 3 aromatic carbocycles. The van der Waals surface area contributed by atoms with Gasteiger partial charge in [-0.25, -0.2) is 9.69 Å². The molecule has 3 aromatic rings. The van der Waals surface area contributed by atoms with Crippen LogP contribution in [0.25, 0.3) is 6.08 Å². The van der Waals surface area contributed by atoms with Crippen LogP contribution in [-0.2, 0) is 16.2 Å². The summed E-state index contributed by atoms with van der Waals surface area (Å²) in [6.07, 6.45) is 1.42. The van der Waals surface area contributed by atoms with Crippen LogP contribution >= 0.6 is 15.9 Å². The van der Waals surface area contributed by atoms with Gasteiger partial charge in [0.25, 0.3) is 11.8 Å². The molecule has 184 valence electrons. The standard InChI is InChI=1S/C27H23BrN2O6/c1-3-35-24-15-18(6-13-23(24)36-16-17-4-7-19(28)8-5-17)14-22-25(31)29-27(33)30(26(22)32)20-9-11-21(34-2)12-10-20/h4-15H,3,16H2,1-2H3,(H,29,31,33)/b22-14+. The van der Waals surface area contributed by atoms with Crippen molar-refractivity contribution in [2.24, 2.45) is 0 Å². The van der Waals surface area contributed by atoms with Gasteiger partial charge in [-0.2, -0.15) is 0 Å². The molecule has 1 saturated heterocycles. The van der Waals surface area contributed by atoms with Crippen molar-refractivity contribution < 1.29 is 28.6 Å². The number of ether oxygens (including phenoxy) is 3. The molecule has 4 rings (SSSR count). The van der Waals surface area contributed by atoms with Gasteiger partial charge in [0.2, 0.25) is 0 Å². The van der Waals surface area contributed by atoms with Crippen molar-refractivity contribution in [1.29, 1.82) is 0 Å². The first-order valence-corrected chi connectivity index (χ1v) is 11.9. The van der Waals surface area contributed by atoms with E-state index in [4.69, 9.17) is 14.2 Å². The van der Waals surface area contributed by atoms with Gasteiger partial charge in [-0.1, -0.05) is 34.1 Å². The lowest BCUT2D eigenvalue weighted by molar-refractivity contribution is -0.122. The number of methoxy groups -OCH3 is 1. The quantitative estimate of drug-likeness (QED) is 0.309. The Hall–Kier alpha value is -4.11. The molecular formula is C27H23BrN2O6. The number of carbonyl (C=O) groups is 3. The summed E-state index contributed by atoms with van der Waals surface area (Å²) in [5.41, 5.74) is 1.65. The molecule has 0 bridgehead atoms. The van der Waals surface area contributed by atoms with Crippen molar-refractivity contribution >= 4 is 45.5 Å². The van der Waals surface area contributed by atoms with Gasteiger partial charge in [0.1, 0.15) is 17.9 Å². The van der Waals surface area contributed by atoms with E-state index in [1.165, 1.54) is 13.2 Å². The molecule has 0 saturated carbocycles. The Morgan fingerprint density at radius 1 is 0.917 bits per heavy atom. The maximum absolute atomic E-state index is 13.2. The molecule has 4 amide bonds. The predicted molar refractivity (Wildman–Crippen MR) is 138 cm³/mol. The highest BCUT2D eigenvalue weighted by Crippen LogP contribution is 2.31. The zero-order chi connectivity index (χ0) is 25.7. The number of halogens is 1. The number of hydrogen-bond acceptors (Lipinski definition) is 6. The van der Waals surface area contributed by atoms with Crippen molar-refractivity contribution in [1.82, 2.24) is 5.32 Å². The van der Waals surface area contributed by atoms with E-state index in [-0.39, 0.29) is 5.57 Å². The van der Waals surface area contributed by atoms with E-state index >= 15 is 0 Å². The molecule has 1 N–H and O–H groups in total. The van der Waals surface area contributed by atoms with E-state index in [2.05, 4.69) is 21.2 Å². The number of urea groups is 1. The minimum absolute atomic E-state index is 0.184. The first kappa shape index (κ1) is 25.0. The third-order valence-electron chi connectivity index (χ3n) is 5.32. The summed E-state index contributed by atoms with van der Waals surface area (Å²) in [5, 5.41) is 2.22. The van der Waals surface area contributed by atoms with Gasteiger partial charge in [0.15, 0.2) is 11.5 Å². The first-order chi connectivity index (χ1) is 17.4. The van der Waals surface area contributed by atoms with Crippen LogP contribution < -0.4 is 24.4 Å². The number of imide groups is 2. The number of benzene rings is 3. The Kier molecular flexibility index (Phi) is 7.70. The van der Waals surface area contributed by atoms with E-state index in [1.807, 2.05) is 31.2 Å². The number of barbiturate groups is 1. The number of nitrogens with one attached hydrogen (secondary N) is 1. The molecule has 0 aromatic heterocycles. The van der Waals surface area contributed by atoms with Gasteiger partial charge in [0, 0.05) is 4.47 Å². The summed E-state index contributed by atoms with van der Waals surface area (Å²) in [6.45, 7) is 2.58. The molecule has 1 aliphatic rings. The molecule has 8 nitrogen and oxygen atoms in total. The minimum atomic E-state index is -0.820. The summed E-state index contributed by atoms with van der Waals surface area (Å²) in [6, 6.07) is 18.4. The molecule has 1 fully saturated rings. The second kappa shape index (κ2) is 11.1. The maximum atomic E-state index is 13.2. The summed E-state index contributed by atoms with van der Waals surface area (Å²) in [7, 11) is 1.51. The number of amides is 4. The van der Waals surface area contributed by atoms with Gasteiger partial charge in [0.05, 0.1) is 19.4 Å². The number of nitrogens with zero attached hydrogens (tertiary/aromatic N) is 1. The summed E-state index contributed by atoms with van der Waals surface area (Å²) >= 11 is 3.41. The Morgan fingerprint density at radius 3 is 2.31 bits per heavy atom. The van der Waals surface area contributed by atoms with Crippen molar-refractivity contribution in [2.45, 2.75) is 13.5 Å². The van der Waals surface area contributed by atoms with Crippen molar-refractivity contribution in [3.8, 4) is 17.2 Å². The Morgan fingerprint density at radius 2 is 1.64 bits per heavy atom. The Labute approximate surface area is 216 Å². The number of anilines is 1. The molecular weight excluding hydrogens is 528 g/mol. The van der Waals surface area contributed by atoms with Gasteiger partial charge < -0.3 is 14.2 Å². The number of rotatable bonds is 8. The average Bonchev–Trinajstić information content (AvgIpc) is 2.87. The van der Waals surface area contributed by atoms with Crippen molar-refractivity contribution in [3.05, 3.63) is 87.9 Å². The van der Waals surface area contributed by atoms with Crippen LogP contribution in [0.4, 0.5) is 10.5 Å². The molecule has 1 aliphatic heterocycles. The Balaban J connectivity index is 1.59. The molecule has 36 heavy (non-hydrogen) atoms. The van der Waals surface area contributed by atoms with Gasteiger partial charge >= 0.3 is 6.03 Å². The maximum Gasteiger partial charge on any atom is 0.335 e. The van der Waals surface area contributed by atoms with E-state index in [9.17, 15) is 14.4 Å². The third-order valence-corrected chi connectivity index (χ3v) is 5.85. The van der Waals surface area contributed by atoms with Crippen LogP contribution in [0, 0.1) is 0 Å². The van der Waals surface area contributed by atoms with Crippen molar-refractivity contribution in [2.75, 3.05) is 18.6 Å². The van der Waals surface area contributed by atoms with Crippen LogP contribution in [0.15, 0.2) is 76.8 Å². The third kappa shape index (κ3) is 5.58. The zero-order valence-electron chi connectivity index (χ0n) is 19.6. The average molecular weight is 551 g/mol. The lowest BCUT2D eigenvalue weighted by Gasteiger charge is -2.26. The van der Waals surface area contributed by atoms with E-state index < -0.39 is 17.8 Å². The highest BCUT2D eigenvalue weighted by molar-refractivity contribution is 9.10. The molecule has 0 spiro atoms. The van der Waals surface area contributed by atoms with Gasteiger partial charge in [-0.15, -0.1) is 0 Å². The molecule has 1 heterocycles. The summed E-state index contributed by atoms with van der Waals surface area (Å²) in [4.78, 5) is 39.0. The molecule has 0 atom stereocenters. The second-order valence-corrected chi connectivity index (χ2v) is 8.63. The predicted octanol–water partition coefficient (Wildman–Crippen LogP) is 5.10. The van der Waals surface area contributed by atoms with Crippen LogP contribution in [0.2, 0.25) is 0 Å². The van der Waals surface area contributed by atoms with Gasteiger partial charge in [-0.3, -0.25) is 14.9 Å².